The van der Waals surface area contributed by atoms with Crippen LogP contribution in [0.2, 0.25) is 0 Å². The summed E-state index contributed by atoms with van der Waals surface area (Å²) in [6.07, 6.45) is 0. The van der Waals surface area contributed by atoms with Crippen LogP contribution in [0.25, 0.3) is 0 Å². The summed E-state index contributed by atoms with van der Waals surface area (Å²) in [5.74, 6) is 0. The summed E-state index contributed by atoms with van der Waals surface area (Å²) < 4.78 is 0. The molecule has 0 saturated heterocycles. The average molecular weight is 71.1 g/mol. The molecule has 5 heavy (non-hydrogen) atoms. The molecule has 1 heterocycles. The third-order valence-electron chi connectivity index (χ3n) is 0.295. The lowest BCUT2D eigenvalue weighted by Crippen LogP contribution is -2.01. The van der Waals surface area contributed by atoms with E-state index in [1.165, 1.54) is 6.67 Å². The Bertz CT molecular complexity index is 41.6. The highest BCUT2D eigenvalue weighted by Gasteiger charge is 1.82. The molecule has 1 rings (SSSR count). The largest absolute Gasteiger partial charge is 0.262 e. The zero-order valence-corrected chi connectivity index (χ0v) is 2.47. The quantitative estimate of drug-likeness (QED) is 0.407. The Kier molecular flexibility index (Phi) is 0.428. The van der Waals surface area contributed by atoms with E-state index >= 15 is 0 Å². The molecule has 1 aliphatic heterocycles. The van der Waals surface area contributed by atoms with Crippen molar-refractivity contribution in [3.8, 4) is 0 Å². The first kappa shape index (κ1) is 2.44. The van der Waals surface area contributed by atoms with Crippen LogP contribution >= 0.6 is 0 Å². The minimum Gasteiger partial charge on any atom is -0.262 e. The molecule has 4 heteroatoms. The minimum atomic E-state index is 1.53. The fourth-order valence-electron chi connectivity index (χ4n) is 0.144. The summed E-state index contributed by atoms with van der Waals surface area (Å²) in [4.78, 5) is 0. The van der Waals surface area contributed by atoms with E-state index in [-0.39, 0.29) is 0 Å². The zero-order chi connectivity index (χ0) is 3.54. The molecule has 0 amide bonds. The zero-order valence-electron chi connectivity index (χ0n) is 2.47. The van der Waals surface area contributed by atoms with E-state index in [0.29, 0.717) is 0 Å². The molecule has 4 nitrogen and oxygen atoms in total. The van der Waals surface area contributed by atoms with Gasteiger partial charge in [0.15, 0.2) is 6.67 Å². The topological polar surface area (TPSA) is 48.8 Å². The van der Waals surface area contributed by atoms with Gasteiger partial charge in [-0.15, -0.1) is 0 Å². The Morgan fingerprint density at radius 1 is 1.20 bits per heavy atom. The molecular weight excluding hydrogens is 68.0 g/mol. The van der Waals surface area contributed by atoms with E-state index in [9.17, 15) is 0 Å². The molecule has 0 atom stereocenters. The number of hydrogen-bond acceptors (Lipinski definition) is 4. The Balaban J connectivity index is 2.32. The van der Waals surface area contributed by atoms with Crippen molar-refractivity contribution in [2.75, 3.05) is 0 Å². The highest BCUT2D eigenvalue weighted by atomic mass is 15.6. The van der Waals surface area contributed by atoms with Crippen LogP contribution in [0.5, 0.6) is 0 Å². The lowest BCUT2D eigenvalue weighted by atomic mass is 11.2. The number of hydrogen-bond donors (Lipinski definition) is 2. The second-order valence-electron chi connectivity index (χ2n) is 0.603. The molecule has 0 saturated carbocycles. The normalized spacial score (nSPS) is 17.6. The molecule has 2 N–H and O–H groups in total. The maximum absolute atomic E-state index is 3.29. The van der Waals surface area contributed by atoms with E-state index in [1.807, 2.05) is 0 Å². The van der Waals surface area contributed by atoms with Gasteiger partial charge in [0.1, 0.15) is 0 Å². The number of nitrogens with zero attached hydrogens (tertiary/aromatic N) is 2. The van der Waals surface area contributed by atoms with Gasteiger partial charge in [0.25, 0.3) is 0 Å². The van der Waals surface area contributed by atoms with E-state index < -0.39 is 0 Å². The predicted octanol–water partition coefficient (Wildman–Crippen LogP) is -0.419. The summed E-state index contributed by atoms with van der Waals surface area (Å²) in [6.45, 7) is 1.53. The minimum absolute atomic E-state index is 1.53. The molecule has 0 aromatic rings. The molecule has 0 bridgehead atoms. The Labute approximate surface area is 29.2 Å². The standard InChI is InChI=1S/CH3N4/c1-2-4-5-3-1/h1H,(H,2,5)(H,3,4). The van der Waals surface area contributed by atoms with Crippen molar-refractivity contribution in [1.82, 2.24) is 10.9 Å². The van der Waals surface area contributed by atoms with Gasteiger partial charge >= 0.3 is 0 Å². The van der Waals surface area contributed by atoms with Gasteiger partial charge in [0.2, 0.25) is 0 Å². The van der Waals surface area contributed by atoms with Crippen LogP contribution in [0, 0.1) is 6.67 Å². The third kappa shape index (κ3) is 0.261. The lowest BCUT2D eigenvalue weighted by Gasteiger charge is -1.73. The van der Waals surface area contributed by atoms with Gasteiger partial charge in [0.05, 0.1) is 0 Å². The highest BCUT2D eigenvalue weighted by Crippen LogP contribution is 1.72. The van der Waals surface area contributed by atoms with Crippen LogP contribution in [0.3, 0.4) is 0 Å². The van der Waals surface area contributed by atoms with Crippen molar-refractivity contribution in [2.45, 2.75) is 0 Å². The van der Waals surface area contributed by atoms with Crippen LogP contribution < -0.4 is 10.9 Å². The van der Waals surface area contributed by atoms with Crippen molar-refractivity contribution < 1.29 is 0 Å². The van der Waals surface area contributed by atoms with Gasteiger partial charge < -0.3 is 0 Å². The molecule has 27 valence electrons. The highest BCUT2D eigenvalue weighted by molar-refractivity contribution is 4.50. The van der Waals surface area contributed by atoms with Crippen molar-refractivity contribution in [3.05, 3.63) is 6.67 Å². The van der Waals surface area contributed by atoms with Crippen LogP contribution in [-0.2, 0) is 0 Å². The molecule has 0 aromatic carbocycles. The van der Waals surface area contributed by atoms with Crippen molar-refractivity contribution >= 4 is 0 Å². The van der Waals surface area contributed by atoms with Gasteiger partial charge in [-0.25, -0.2) is 0 Å². The van der Waals surface area contributed by atoms with Crippen molar-refractivity contribution in [1.29, 1.82) is 0 Å². The first-order valence-corrected chi connectivity index (χ1v) is 1.22. The number of nitrogens with one attached hydrogen (secondary N) is 2. The molecular formula is CH3N4. The second kappa shape index (κ2) is 0.878. The van der Waals surface area contributed by atoms with Crippen molar-refractivity contribution in [3.63, 3.8) is 0 Å². The lowest BCUT2D eigenvalue weighted by molar-refractivity contribution is 0.883. The molecule has 1 aliphatic rings. The smallest absolute Gasteiger partial charge is 0.173 e. The molecule has 1 radical (unpaired) electrons. The summed E-state index contributed by atoms with van der Waals surface area (Å²) in [5.41, 5.74) is 4.89. The first-order chi connectivity index (χ1) is 2.50. The number of rotatable bonds is 0. The maximum Gasteiger partial charge on any atom is 0.173 e. The van der Waals surface area contributed by atoms with E-state index in [1.54, 1.807) is 0 Å². The third-order valence-corrected chi connectivity index (χ3v) is 0.295. The Hall–Kier alpha value is -0.800. The predicted molar refractivity (Wildman–Crippen MR) is 15.4 cm³/mol. The Morgan fingerprint density at radius 2 is 1.80 bits per heavy atom. The summed E-state index contributed by atoms with van der Waals surface area (Å²) in [6, 6.07) is 0. The molecule has 0 aromatic heterocycles. The molecule has 0 unspecified atom stereocenters. The fourth-order valence-corrected chi connectivity index (χ4v) is 0.144. The van der Waals surface area contributed by atoms with Crippen LogP contribution in [0.4, 0.5) is 0 Å². The summed E-state index contributed by atoms with van der Waals surface area (Å²) in [5, 5.41) is 6.58. The fraction of sp³-hybridized carbons (Fsp3) is 0. The second-order valence-corrected chi connectivity index (χ2v) is 0.603. The summed E-state index contributed by atoms with van der Waals surface area (Å²) >= 11 is 0. The van der Waals surface area contributed by atoms with Crippen LogP contribution in [0.1, 0.15) is 0 Å². The maximum atomic E-state index is 3.29. The van der Waals surface area contributed by atoms with Gasteiger partial charge in [-0.05, 0) is 0 Å². The first-order valence-electron chi connectivity index (χ1n) is 1.22. The van der Waals surface area contributed by atoms with Gasteiger partial charge in [0, 0.05) is 0 Å². The molecule has 0 fully saturated rings. The van der Waals surface area contributed by atoms with E-state index in [0.717, 1.165) is 0 Å². The molecule has 0 spiro atoms. The van der Waals surface area contributed by atoms with E-state index in [2.05, 4.69) is 21.3 Å². The average Bonchev–Trinajstić information content (AvgIpc) is 1.76. The summed E-state index contributed by atoms with van der Waals surface area (Å²) in [7, 11) is 0. The van der Waals surface area contributed by atoms with Gasteiger partial charge in [-0.3, -0.25) is 10.9 Å². The van der Waals surface area contributed by atoms with Gasteiger partial charge in [-0.2, -0.15) is 0 Å². The van der Waals surface area contributed by atoms with Crippen LogP contribution in [0.15, 0.2) is 10.4 Å². The SMILES string of the molecule is [CH]1NN=NN1. The monoisotopic (exact) mass is 71.0 g/mol. The van der Waals surface area contributed by atoms with Gasteiger partial charge in [-0.1, -0.05) is 10.4 Å². The molecule has 0 aliphatic carbocycles. The van der Waals surface area contributed by atoms with Crippen LogP contribution in [-0.4, -0.2) is 0 Å². The van der Waals surface area contributed by atoms with E-state index in [4.69, 9.17) is 0 Å². The Morgan fingerprint density at radius 3 is 2.00 bits per heavy atom. The van der Waals surface area contributed by atoms with Crippen molar-refractivity contribution in [2.24, 2.45) is 10.4 Å².